The zero-order valence-corrected chi connectivity index (χ0v) is 18.2. The maximum absolute atomic E-state index is 13.2. The Kier molecular flexibility index (Phi) is 5.24. The minimum absolute atomic E-state index is 0.0195. The average molecular weight is 413 g/mol. The number of hydrogen-bond donors (Lipinski definition) is 1. The van der Waals surface area contributed by atoms with E-state index in [0.29, 0.717) is 31.8 Å². The first kappa shape index (κ1) is 20.7. The summed E-state index contributed by atoms with van der Waals surface area (Å²) in [5.74, 6) is -0.0468. The quantitative estimate of drug-likeness (QED) is 0.774. The summed E-state index contributed by atoms with van der Waals surface area (Å²) in [6, 6.07) is 9.71. The zero-order valence-electron chi connectivity index (χ0n) is 18.2. The van der Waals surface area contributed by atoms with Crippen LogP contribution in [0.4, 0.5) is 10.5 Å². The van der Waals surface area contributed by atoms with Crippen LogP contribution in [0.3, 0.4) is 0 Å². The third-order valence-electron chi connectivity index (χ3n) is 6.67. The van der Waals surface area contributed by atoms with Crippen molar-refractivity contribution in [3.8, 4) is 0 Å². The monoisotopic (exact) mass is 412 g/mol. The van der Waals surface area contributed by atoms with E-state index in [0.717, 1.165) is 30.1 Å². The van der Waals surface area contributed by atoms with Crippen LogP contribution in [0.15, 0.2) is 30.3 Å². The Morgan fingerprint density at radius 3 is 2.37 bits per heavy atom. The van der Waals surface area contributed by atoms with Crippen molar-refractivity contribution in [3.05, 3.63) is 30.3 Å². The number of urea groups is 1. The minimum atomic E-state index is -0.857. The van der Waals surface area contributed by atoms with Crippen molar-refractivity contribution in [2.75, 3.05) is 37.6 Å². The highest BCUT2D eigenvalue weighted by Gasteiger charge is 2.56. The highest BCUT2D eigenvalue weighted by molar-refractivity contribution is 6.09. The number of anilines is 1. The smallest absolute Gasteiger partial charge is 0.325 e. The van der Waals surface area contributed by atoms with Crippen LogP contribution < -0.4 is 10.2 Å². The van der Waals surface area contributed by atoms with Gasteiger partial charge in [-0.15, -0.1) is 0 Å². The molecule has 2 atom stereocenters. The molecule has 0 unspecified atom stereocenters. The van der Waals surface area contributed by atoms with E-state index >= 15 is 0 Å². The Bertz CT molecular complexity index is 832. The molecule has 1 spiro atoms. The van der Waals surface area contributed by atoms with Gasteiger partial charge in [0, 0.05) is 31.9 Å². The van der Waals surface area contributed by atoms with Crippen molar-refractivity contribution < 1.29 is 14.4 Å². The van der Waals surface area contributed by atoms with Crippen molar-refractivity contribution in [3.63, 3.8) is 0 Å². The number of hydrogen-bond acceptors (Lipinski definition) is 4. The third-order valence-corrected chi connectivity index (χ3v) is 6.67. The summed E-state index contributed by atoms with van der Waals surface area (Å²) in [5.41, 5.74) is 0.272. The molecule has 4 amide bonds. The molecule has 3 aliphatic rings. The molecule has 162 valence electrons. The van der Waals surface area contributed by atoms with Crippen LogP contribution in [0.1, 0.15) is 40.0 Å². The Morgan fingerprint density at radius 2 is 1.73 bits per heavy atom. The Hall–Kier alpha value is -2.57. The zero-order chi connectivity index (χ0) is 21.5. The number of para-hydroxylation sites is 1. The standard InChI is InChI=1S/C23H32N4O3/c1-17-13-22(2,3)16-23(14-17)20(29)27(21(30)24-23)15-19(28)26-11-9-25(10-12-26)18-7-5-4-6-8-18/h4-8,17H,9-16H2,1-3H3,(H,24,30)/t17-,23-/m1/s1. The molecule has 1 N–H and O–H groups in total. The van der Waals surface area contributed by atoms with Gasteiger partial charge in [-0.05, 0) is 42.7 Å². The van der Waals surface area contributed by atoms with Crippen LogP contribution in [-0.2, 0) is 9.59 Å². The van der Waals surface area contributed by atoms with Crippen LogP contribution >= 0.6 is 0 Å². The van der Waals surface area contributed by atoms with Crippen molar-refractivity contribution in [1.82, 2.24) is 15.1 Å². The molecule has 1 aromatic carbocycles. The molecular formula is C23H32N4O3. The van der Waals surface area contributed by atoms with Gasteiger partial charge in [0.2, 0.25) is 5.91 Å². The number of benzene rings is 1. The summed E-state index contributed by atoms with van der Waals surface area (Å²) in [6.07, 6.45) is 2.29. The molecule has 3 fully saturated rings. The van der Waals surface area contributed by atoms with E-state index in [1.165, 1.54) is 0 Å². The molecule has 1 saturated carbocycles. The molecule has 0 radical (unpaired) electrons. The van der Waals surface area contributed by atoms with Crippen molar-refractivity contribution >= 4 is 23.5 Å². The fourth-order valence-electron chi connectivity index (χ4n) is 5.74. The topological polar surface area (TPSA) is 73.0 Å². The van der Waals surface area contributed by atoms with Crippen LogP contribution in [-0.4, -0.2) is 65.9 Å². The molecule has 2 heterocycles. The molecule has 4 rings (SSSR count). The van der Waals surface area contributed by atoms with Crippen LogP contribution in [0.5, 0.6) is 0 Å². The van der Waals surface area contributed by atoms with Crippen LogP contribution in [0.25, 0.3) is 0 Å². The molecule has 30 heavy (non-hydrogen) atoms. The highest BCUT2D eigenvalue weighted by Crippen LogP contribution is 2.46. The second kappa shape index (κ2) is 7.60. The summed E-state index contributed by atoms with van der Waals surface area (Å²) in [7, 11) is 0. The van der Waals surface area contributed by atoms with E-state index in [2.05, 4.69) is 43.1 Å². The van der Waals surface area contributed by atoms with Gasteiger partial charge >= 0.3 is 6.03 Å². The minimum Gasteiger partial charge on any atom is -0.368 e. The normalized spacial score (nSPS) is 28.8. The fraction of sp³-hybridized carbons (Fsp3) is 0.609. The van der Waals surface area contributed by atoms with Gasteiger partial charge in [-0.1, -0.05) is 39.0 Å². The van der Waals surface area contributed by atoms with Gasteiger partial charge in [-0.2, -0.15) is 0 Å². The molecule has 2 saturated heterocycles. The molecule has 7 heteroatoms. The third kappa shape index (κ3) is 3.89. The van der Waals surface area contributed by atoms with Crippen LogP contribution in [0, 0.1) is 11.3 Å². The number of imide groups is 1. The summed E-state index contributed by atoms with van der Waals surface area (Å²) < 4.78 is 0. The fourth-order valence-corrected chi connectivity index (χ4v) is 5.74. The van der Waals surface area contributed by atoms with E-state index in [1.807, 2.05) is 18.2 Å². The van der Waals surface area contributed by atoms with Gasteiger partial charge in [-0.25, -0.2) is 4.79 Å². The molecular weight excluding hydrogens is 380 g/mol. The molecule has 0 bridgehead atoms. The van der Waals surface area contributed by atoms with E-state index in [1.54, 1.807) is 4.90 Å². The lowest BCUT2D eigenvalue weighted by Crippen LogP contribution is -2.55. The average Bonchev–Trinajstić information content (AvgIpc) is 2.90. The second-order valence-corrected chi connectivity index (χ2v) is 9.96. The number of amides is 4. The second-order valence-electron chi connectivity index (χ2n) is 9.96. The van der Waals surface area contributed by atoms with Crippen molar-refractivity contribution in [2.24, 2.45) is 11.3 Å². The van der Waals surface area contributed by atoms with E-state index < -0.39 is 11.6 Å². The summed E-state index contributed by atoms with van der Waals surface area (Å²) in [6.45, 7) is 8.90. The number of piperazine rings is 1. The predicted octanol–water partition coefficient (Wildman–Crippen LogP) is 2.47. The summed E-state index contributed by atoms with van der Waals surface area (Å²) in [4.78, 5) is 43.9. The lowest BCUT2D eigenvalue weighted by atomic mass is 9.64. The first-order chi connectivity index (χ1) is 14.2. The molecule has 1 aromatic rings. The van der Waals surface area contributed by atoms with Gasteiger partial charge in [-0.3, -0.25) is 14.5 Å². The van der Waals surface area contributed by atoms with Gasteiger partial charge in [0.1, 0.15) is 12.1 Å². The Balaban J connectivity index is 1.38. The molecule has 0 aromatic heterocycles. The van der Waals surface area contributed by atoms with Gasteiger partial charge in [0.05, 0.1) is 0 Å². The first-order valence-electron chi connectivity index (χ1n) is 10.9. The SMILES string of the molecule is C[C@@H]1CC(C)(C)C[C@@]2(C1)NC(=O)N(CC(=O)N1CCN(c3ccccc3)CC1)C2=O. The lowest BCUT2D eigenvalue weighted by molar-refractivity contribution is -0.140. The number of nitrogens with one attached hydrogen (secondary N) is 1. The molecule has 2 aliphatic heterocycles. The lowest BCUT2D eigenvalue weighted by Gasteiger charge is -2.43. The number of carbonyl (C=O) groups excluding carboxylic acids is 3. The van der Waals surface area contributed by atoms with Crippen LogP contribution in [0.2, 0.25) is 0 Å². The molecule has 7 nitrogen and oxygen atoms in total. The number of nitrogens with zero attached hydrogens (tertiary/aromatic N) is 3. The molecule has 1 aliphatic carbocycles. The predicted molar refractivity (Wildman–Crippen MR) is 115 cm³/mol. The van der Waals surface area contributed by atoms with Crippen molar-refractivity contribution in [2.45, 2.75) is 45.6 Å². The largest absolute Gasteiger partial charge is 0.368 e. The Morgan fingerprint density at radius 1 is 1.07 bits per heavy atom. The number of rotatable bonds is 3. The van der Waals surface area contributed by atoms with Gasteiger partial charge in [0.25, 0.3) is 5.91 Å². The van der Waals surface area contributed by atoms with E-state index in [-0.39, 0.29) is 23.8 Å². The van der Waals surface area contributed by atoms with E-state index in [4.69, 9.17) is 0 Å². The van der Waals surface area contributed by atoms with Gasteiger partial charge < -0.3 is 15.1 Å². The Labute approximate surface area is 178 Å². The maximum Gasteiger partial charge on any atom is 0.325 e. The maximum atomic E-state index is 13.2. The summed E-state index contributed by atoms with van der Waals surface area (Å²) in [5, 5.41) is 2.95. The summed E-state index contributed by atoms with van der Waals surface area (Å²) >= 11 is 0. The van der Waals surface area contributed by atoms with Crippen molar-refractivity contribution in [1.29, 1.82) is 0 Å². The van der Waals surface area contributed by atoms with Gasteiger partial charge in [0.15, 0.2) is 0 Å². The van der Waals surface area contributed by atoms with E-state index in [9.17, 15) is 14.4 Å². The number of carbonyl (C=O) groups is 3. The highest BCUT2D eigenvalue weighted by atomic mass is 16.2. The first-order valence-corrected chi connectivity index (χ1v) is 10.9.